The van der Waals surface area contributed by atoms with E-state index in [4.69, 9.17) is 4.74 Å². The fraction of sp³-hybridized carbons (Fsp3) is 0.619. The average Bonchev–Trinajstić information content (AvgIpc) is 3.43. The Balaban J connectivity index is 1.38. The number of amides is 2. The van der Waals surface area contributed by atoms with Crippen LogP contribution in [-0.2, 0) is 9.59 Å². The van der Waals surface area contributed by atoms with Crippen molar-refractivity contribution in [1.29, 1.82) is 0 Å². The van der Waals surface area contributed by atoms with Crippen LogP contribution in [0.25, 0.3) is 0 Å². The molecule has 5 heteroatoms. The zero-order chi connectivity index (χ0) is 18.1. The van der Waals surface area contributed by atoms with Gasteiger partial charge >= 0.3 is 0 Å². The Morgan fingerprint density at radius 3 is 2.15 bits per heavy atom. The lowest BCUT2D eigenvalue weighted by Crippen LogP contribution is -2.44. The van der Waals surface area contributed by atoms with Gasteiger partial charge in [0.15, 0.2) is 0 Å². The second-order valence-corrected chi connectivity index (χ2v) is 7.84. The fourth-order valence-electron chi connectivity index (χ4n) is 4.37. The second kappa shape index (κ2) is 7.29. The fourth-order valence-corrected chi connectivity index (χ4v) is 4.37. The van der Waals surface area contributed by atoms with Crippen molar-refractivity contribution in [1.82, 2.24) is 9.80 Å². The SMILES string of the molecule is COc1ccc(C2CCCN2C(=O)C2CCN(C(=O)C3CC3)CC2)cc1. The Morgan fingerprint density at radius 1 is 0.885 bits per heavy atom. The molecule has 1 saturated carbocycles. The van der Waals surface area contributed by atoms with Gasteiger partial charge in [0.2, 0.25) is 11.8 Å². The molecule has 1 aromatic carbocycles. The lowest BCUT2D eigenvalue weighted by atomic mass is 9.94. The van der Waals surface area contributed by atoms with Gasteiger partial charge in [-0.3, -0.25) is 9.59 Å². The van der Waals surface area contributed by atoms with Gasteiger partial charge in [-0.15, -0.1) is 0 Å². The van der Waals surface area contributed by atoms with E-state index in [0.29, 0.717) is 5.91 Å². The number of methoxy groups -OCH3 is 1. The van der Waals surface area contributed by atoms with Crippen LogP contribution >= 0.6 is 0 Å². The zero-order valence-electron chi connectivity index (χ0n) is 15.5. The van der Waals surface area contributed by atoms with Crippen molar-refractivity contribution in [3.05, 3.63) is 29.8 Å². The van der Waals surface area contributed by atoms with E-state index in [1.165, 1.54) is 5.56 Å². The number of likely N-dealkylation sites (tertiary alicyclic amines) is 2. The maximum absolute atomic E-state index is 13.1. The Kier molecular flexibility index (Phi) is 4.88. The molecular weight excluding hydrogens is 328 g/mol. The lowest BCUT2D eigenvalue weighted by molar-refractivity contribution is -0.142. The summed E-state index contributed by atoms with van der Waals surface area (Å²) in [6, 6.07) is 8.27. The van der Waals surface area contributed by atoms with Gasteiger partial charge in [-0.25, -0.2) is 0 Å². The van der Waals surface area contributed by atoms with Gasteiger partial charge in [-0.05, 0) is 56.2 Å². The van der Waals surface area contributed by atoms with Crippen LogP contribution in [0.5, 0.6) is 5.75 Å². The number of nitrogens with zero attached hydrogens (tertiary/aromatic N) is 2. The Bertz CT molecular complexity index is 660. The molecule has 1 aliphatic carbocycles. The molecule has 1 aromatic rings. The van der Waals surface area contributed by atoms with E-state index in [0.717, 1.165) is 63.9 Å². The van der Waals surface area contributed by atoms with Crippen molar-refractivity contribution in [2.75, 3.05) is 26.7 Å². The second-order valence-electron chi connectivity index (χ2n) is 7.84. The van der Waals surface area contributed by atoms with E-state index >= 15 is 0 Å². The molecule has 2 aliphatic heterocycles. The third-order valence-corrected chi connectivity index (χ3v) is 6.12. The summed E-state index contributed by atoms with van der Waals surface area (Å²) in [5.41, 5.74) is 1.19. The van der Waals surface area contributed by atoms with Crippen molar-refractivity contribution in [3.63, 3.8) is 0 Å². The number of ether oxygens (including phenoxy) is 1. The molecule has 1 atom stereocenters. The highest BCUT2D eigenvalue weighted by atomic mass is 16.5. The quantitative estimate of drug-likeness (QED) is 0.833. The molecule has 0 radical (unpaired) electrons. The molecule has 0 spiro atoms. The van der Waals surface area contributed by atoms with E-state index in [1.54, 1.807) is 7.11 Å². The average molecular weight is 356 g/mol. The standard InChI is InChI=1S/C21H28N2O3/c1-26-18-8-6-15(7-9-18)19-3-2-12-23(19)21(25)17-10-13-22(14-11-17)20(24)16-4-5-16/h6-9,16-17,19H,2-5,10-14H2,1H3. The molecule has 0 bridgehead atoms. The van der Waals surface area contributed by atoms with Gasteiger partial charge in [0.1, 0.15) is 5.75 Å². The molecule has 140 valence electrons. The third-order valence-electron chi connectivity index (χ3n) is 6.12. The van der Waals surface area contributed by atoms with Crippen molar-refractivity contribution in [2.45, 2.75) is 44.6 Å². The van der Waals surface area contributed by atoms with Crippen LogP contribution in [0.2, 0.25) is 0 Å². The largest absolute Gasteiger partial charge is 0.497 e. The van der Waals surface area contributed by atoms with E-state index in [-0.39, 0.29) is 23.8 Å². The minimum atomic E-state index is 0.0668. The molecule has 5 nitrogen and oxygen atoms in total. The van der Waals surface area contributed by atoms with Crippen LogP contribution in [0.1, 0.15) is 50.1 Å². The van der Waals surface area contributed by atoms with Crippen molar-refractivity contribution in [3.8, 4) is 5.75 Å². The highest BCUT2D eigenvalue weighted by Crippen LogP contribution is 2.36. The summed E-state index contributed by atoms with van der Waals surface area (Å²) in [4.78, 5) is 29.4. The molecule has 2 saturated heterocycles. The summed E-state index contributed by atoms with van der Waals surface area (Å²) in [7, 11) is 1.67. The first-order chi connectivity index (χ1) is 12.7. The number of rotatable bonds is 4. The minimum absolute atomic E-state index is 0.0668. The first kappa shape index (κ1) is 17.4. The molecule has 0 aromatic heterocycles. The number of carbonyl (C=O) groups excluding carboxylic acids is 2. The predicted molar refractivity (Wildman–Crippen MR) is 98.7 cm³/mol. The van der Waals surface area contributed by atoms with Crippen LogP contribution < -0.4 is 4.74 Å². The number of hydrogen-bond donors (Lipinski definition) is 0. The van der Waals surface area contributed by atoms with Crippen LogP contribution in [0.4, 0.5) is 0 Å². The van der Waals surface area contributed by atoms with Crippen LogP contribution in [-0.4, -0.2) is 48.4 Å². The summed E-state index contributed by atoms with van der Waals surface area (Å²) in [6.07, 6.45) is 5.80. The highest BCUT2D eigenvalue weighted by molar-refractivity contribution is 5.82. The van der Waals surface area contributed by atoms with E-state index in [1.807, 2.05) is 17.0 Å². The molecule has 1 unspecified atom stereocenters. The summed E-state index contributed by atoms with van der Waals surface area (Å²) < 4.78 is 5.24. The predicted octanol–water partition coefficient (Wildman–Crippen LogP) is 3.01. The monoisotopic (exact) mass is 356 g/mol. The number of benzene rings is 1. The van der Waals surface area contributed by atoms with E-state index in [9.17, 15) is 9.59 Å². The molecule has 26 heavy (non-hydrogen) atoms. The Morgan fingerprint density at radius 2 is 1.54 bits per heavy atom. The van der Waals surface area contributed by atoms with Gasteiger partial charge in [0.25, 0.3) is 0 Å². The highest BCUT2D eigenvalue weighted by Gasteiger charge is 2.38. The topological polar surface area (TPSA) is 49.9 Å². The summed E-state index contributed by atoms with van der Waals surface area (Å²) in [5.74, 6) is 1.78. The Labute approximate surface area is 155 Å². The third kappa shape index (κ3) is 3.44. The summed E-state index contributed by atoms with van der Waals surface area (Å²) in [6.45, 7) is 2.33. The van der Waals surface area contributed by atoms with E-state index in [2.05, 4.69) is 17.0 Å². The first-order valence-corrected chi connectivity index (χ1v) is 9.90. The van der Waals surface area contributed by atoms with Crippen molar-refractivity contribution >= 4 is 11.8 Å². The molecule has 4 rings (SSSR count). The number of carbonyl (C=O) groups is 2. The maximum atomic E-state index is 13.1. The normalized spacial score (nSPS) is 24.0. The van der Waals surface area contributed by atoms with Crippen LogP contribution in [0.3, 0.4) is 0 Å². The summed E-state index contributed by atoms with van der Waals surface area (Å²) in [5, 5.41) is 0. The molecule has 3 fully saturated rings. The zero-order valence-corrected chi connectivity index (χ0v) is 15.5. The molecule has 2 heterocycles. The van der Waals surface area contributed by atoms with Crippen LogP contribution in [0, 0.1) is 11.8 Å². The lowest BCUT2D eigenvalue weighted by Gasteiger charge is -2.35. The van der Waals surface area contributed by atoms with Gasteiger partial charge in [0.05, 0.1) is 13.2 Å². The molecule has 3 aliphatic rings. The maximum Gasteiger partial charge on any atom is 0.226 e. The molecular formula is C21H28N2O3. The van der Waals surface area contributed by atoms with E-state index < -0.39 is 0 Å². The number of piperidine rings is 1. The van der Waals surface area contributed by atoms with Gasteiger partial charge in [-0.2, -0.15) is 0 Å². The van der Waals surface area contributed by atoms with Crippen molar-refractivity contribution in [2.24, 2.45) is 11.8 Å². The van der Waals surface area contributed by atoms with Crippen molar-refractivity contribution < 1.29 is 14.3 Å². The van der Waals surface area contributed by atoms with Gasteiger partial charge in [0, 0.05) is 31.5 Å². The number of hydrogen-bond acceptors (Lipinski definition) is 3. The van der Waals surface area contributed by atoms with Gasteiger partial charge in [-0.1, -0.05) is 12.1 Å². The molecule has 2 amide bonds. The smallest absolute Gasteiger partial charge is 0.226 e. The van der Waals surface area contributed by atoms with Crippen LogP contribution in [0.15, 0.2) is 24.3 Å². The summed E-state index contributed by atoms with van der Waals surface area (Å²) >= 11 is 0. The molecule has 0 N–H and O–H groups in total. The Hall–Kier alpha value is -2.04. The first-order valence-electron chi connectivity index (χ1n) is 9.90. The minimum Gasteiger partial charge on any atom is -0.497 e. The van der Waals surface area contributed by atoms with Gasteiger partial charge < -0.3 is 14.5 Å².